The number of rotatable bonds is 5. The second-order valence-electron chi connectivity index (χ2n) is 5.42. The predicted octanol–water partition coefficient (Wildman–Crippen LogP) is 1.62. The van der Waals surface area contributed by atoms with E-state index < -0.39 is 0 Å². The van der Waals surface area contributed by atoms with Crippen LogP contribution in [0.3, 0.4) is 0 Å². The van der Waals surface area contributed by atoms with Crippen LogP contribution in [0, 0.1) is 0 Å². The molecule has 24 heavy (non-hydrogen) atoms. The van der Waals surface area contributed by atoms with Gasteiger partial charge in [-0.25, -0.2) is 9.97 Å². The fourth-order valence-corrected chi connectivity index (χ4v) is 2.65. The molecule has 0 bridgehead atoms. The summed E-state index contributed by atoms with van der Waals surface area (Å²) in [4.78, 5) is 14.8. The maximum atomic E-state index is 5.92. The lowest BCUT2D eigenvalue weighted by molar-refractivity contribution is 0.205. The maximum absolute atomic E-state index is 5.92. The van der Waals surface area contributed by atoms with Crippen molar-refractivity contribution in [3.63, 3.8) is 0 Å². The number of imidazole rings is 1. The van der Waals surface area contributed by atoms with Gasteiger partial charge in [-0.05, 0) is 6.07 Å². The van der Waals surface area contributed by atoms with Crippen molar-refractivity contribution in [3.8, 4) is 5.88 Å². The summed E-state index contributed by atoms with van der Waals surface area (Å²) >= 11 is 0. The summed E-state index contributed by atoms with van der Waals surface area (Å²) in [6, 6.07) is 5.71. The van der Waals surface area contributed by atoms with E-state index in [9.17, 15) is 0 Å². The van der Waals surface area contributed by atoms with Gasteiger partial charge >= 0.3 is 0 Å². The highest BCUT2D eigenvalue weighted by Crippen LogP contribution is 2.16. The average Bonchev–Trinajstić information content (AvgIpc) is 3.25. The number of aromatic nitrogens is 3. The van der Waals surface area contributed by atoms with Gasteiger partial charge in [0.2, 0.25) is 5.88 Å². The van der Waals surface area contributed by atoms with Crippen molar-refractivity contribution in [2.45, 2.75) is 19.1 Å². The Bertz CT molecular complexity index is 619. The fraction of sp³-hybridized carbons (Fsp3) is 0.438. The summed E-state index contributed by atoms with van der Waals surface area (Å²) < 4.78 is 7.95. The number of guanidine groups is 1. The minimum atomic E-state index is 0. The number of nitrogens with zero attached hydrogens (tertiary/aromatic N) is 5. The van der Waals surface area contributed by atoms with E-state index in [1.165, 1.54) is 0 Å². The summed E-state index contributed by atoms with van der Waals surface area (Å²) in [7, 11) is 1.81. The molecule has 2 aromatic rings. The molecule has 2 aromatic heterocycles. The smallest absolute Gasteiger partial charge is 0.213 e. The number of ether oxygens (including phenoxy) is 1. The first-order chi connectivity index (χ1) is 11.3. The number of aliphatic imine (C=N–C) groups is 1. The number of pyridine rings is 1. The van der Waals surface area contributed by atoms with Gasteiger partial charge < -0.3 is 19.5 Å². The van der Waals surface area contributed by atoms with Crippen molar-refractivity contribution < 1.29 is 4.74 Å². The Labute approximate surface area is 159 Å². The van der Waals surface area contributed by atoms with Crippen LogP contribution in [0.25, 0.3) is 0 Å². The molecule has 1 unspecified atom stereocenters. The van der Waals surface area contributed by atoms with Crippen LogP contribution in [0.5, 0.6) is 5.88 Å². The molecule has 1 saturated heterocycles. The quantitative estimate of drug-likeness (QED) is 0.433. The average molecular weight is 442 g/mol. The zero-order valence-electron chi connectivity index (χ0n) is 13.7. The van der Waals surface area contributed by atoms with Gasteiger partial charge in [0.25, 0.3) is 0 Å². The zero-order valence-corrected chi connectivity index (χ0v) is 16.0. The van der Waals surface area contributed by atoms with E-state index in [1.807, 2.05) is 42.3 Å². The van der Waals surface area contributed by atoms with Crippen LogP contribution in [-0.2, 0) is 6.54 Å². The highest BCUT2D eigenvalue weighted by Gasteiger charge is 2.26. The van der Waals surface area contributed by atoms with Gasteiger partial charge in [-0.1, -0.05) is 6.07 Å². The standard InChI is InChI=1S/C16H22N6O.HI/c1-17-16(20-8-11-21-10-7-18-13-21)22-9-5-14(12-22)23-15-4-2-3-6-19-15;/h2-4,6-7,10,13-14H,5,8-9,11-12H2,1H3,(H,17,20);1H. The Morgan fingerprint density at radius 3 is 3.04 bits per heavy atom. The van der Waals surface area contributed by atoms with Gasteiger partial charge in [-0.2, -0.15) is 0 Å². The van der Waals surface area contributed by atoms with E-state index in [2.05, 4.69) is 25.2 Å². The van der Waals surface area contributed by atoms with Crippen molar-refractivity contribution in [3.05, 3.63) is 43.1 Å². The molecule has 0 aromatic carbocycles. The molecular formula is C16H23IN6O. The van der Waals surface area contributed by atoms with E-state index >= 15 is 0 Å². The van der Waals surface area contributed by atoms with Crippen LogP contribution in [-0.4, -0.2) is 58.2 Å². The molecule has 3 rings (SSSR count). The second kappa shape index (κ2) is 9.45. The van der Waals surface area contributed by atoms with Gasteiger partial charge in [0.15, 0.2) is 5.96 Å². The Morgan fingerprint density at radius 2 is 2.33 bits per heavy atom. The summed E-state index contributed by atoms with van der Waals surface area (Å²) in [6.07, 6.45) is 8.43. The third kappa shape index (κ3) is 5.08. The van der Waals surface area contributed by atoms with Crippen molar-refractivity contribution in [2.75, 3.05) is 26.7 Å². The largest absolute Gasteiger partial charge is 0.472 e. The van der Waals surface area contributed by atoms with E-state index in [4.69, 9.17) is 4.74 Å². The van der Waals surface area contributed by atoms with Crippen molar-refractivity contribution in [2.24, 2.45) is 4.99 Å². The van der Waals surface area contributed by atoms with E-state index in [0.29, 0.717) is 5.88 Å². The summed E-state index contributed by atoms with van der Waals surface area (Å²) in [5, 5.41) is 3.39. The molecule has 130 valence electrons. The molecule has 8 heteroatoms. The van der Waals surface area contributed by atoms with Gasteiger partial charge in [-0.15, -0.1) is 24.0 Å². The number of hydrogen-bond donors (Lipinski definition) is 1. The Hall–Kier alpha value is -1.84. The summed E-state index contributed by atoms with van der Waals surface area (Å²) in [5.74, 6) is 1.60. The van der Waals surface area contributed by atoms with E-state index in [0.717, 1.165) is 38.6 Å². The molecule has 0 amide bonds. The minimum absolute atomic E-state index is 0. The van der Waals surface area contributed by atoms with Gasteiger partial charge in [0.05, 0.1) is 12.9 Å². The van der Waals surface area contributed by atoms with Gasteiger partial charge in [-0.3, -0.25) is 4.99 Å². The van der Waals surface area contributed by atoms with E-state index in [-0.39, 0.29) is 30.1 Å². The monoisotopic (exact) mass is 442 g/mol. The lowest BCUT2D eigenvalue weighted by Crippen LogP contribution is -2.42. The lowest BCUT2D eigenvalue weighted by Gasteiger charge is -2.21. The number of halogens is 1. The van der Waals surface area contributed by atoms with Crippen molar-refractivity contribution in [1.82, 2.24) is 24.8 Å². The molecule has 3 heterocycles. The number of likely N-dealkylation sites (tertiary alicyclic amines) is 1. The molecule has 1 aliphatic heterocycles. The lowest BCUT2D eigenvalue weighted by atomic mass is 10.3. The van der Waals surface area contributed by atoms with Crippen molar-refractivity contribution in [1.29, 1.82) is 0 Å². The molecule has 1 N–H and O–H groups in total. The molecule has 0 aliphatic carbocycles. The number of nitrogens with one attached hydrogen (secondary N) is 1. The third-order valence-electron chi connectivity index (χ3n) is 3.79. The zero-order chi connectivity index (χ0) is 15.9. The highest BCUT2D eigenvalue weighted by atomic mass is 127. The van der Waals surface area contributed by atoms with Crippen LogP contribution >= 0.6 is 24.0 Å². The molecule has 1 aliphatic rings. The summed E-state index contributed by atoms with van der Waals surface area (Å²) in [5.41, 5.74) is 0. The molecule has 0 saturated carbocycles. The number of hydrogen-bond acceptors (Lipinski definition) is 4. The molecule has 0 radical (unpaired) electrons. The van der Waals surface area contributed by atoms with E-state index in [1.54, 1.807) is 12.4 Å². The summed E-state index contributed by atoms with van der Waals surface area (Å²) in [6.45, 7) is 3.43. The molecular weight excluding hydrogens is 419 g/mol. The Kier molecular flexibility index (Phi) is 7.29. The van der Waals surface area contributed by atoms with Crippen LogP contribution in [0.2, 0.25) is 0 Å². The van der Waals surface area contributed by atoms with Crippen LogP contribution in [0.4, 0.5) is 0 Å². The van der Waals surface area contributed by atoms with Crippen LogP contribution < -0.4 is 10.1 Å². The molecule has 1 atom stereocenters. The Balaban J connectivity index is 0.00000208. The first kappa shape index (κ1) is 18.5. The SMILES string of the molecule is CN=C(NCCn1ccnc1)N1CCC(Oc2ccccn2)C1.I. The minimum Gasteiger partial charge on any atom is -0.472 e. The van der Waals surface area contributed by atoms with Gasteiger partial charge in [0.1, 0.15) is 6.10 Å². The molecule has 7 nitrogen and oxygen atoms in total. The fourth-order valence-electron chi connectivity index (χ4n) is 2.65. The predicted molar refractivity (Wildman–Crippen MR) is 104 cm³/mol. The molecule has 0 spiro atoms. The molecule has 1 fully saturated rings. The first-order valence-corrected chi connectivity index (χ1v) is 7.84. The van der Waals surface area contributed by atoms with Crippen LogP contribution in [0.15, 0.2) is 48.1 Å². The van der Waals surface area contributed by atoms with Crippen LogP contribution in [0.1, 0.15) is 6.42 Å². The normalized spacial score (nSPS) is 17.5. The maximum Gasteiger partial charge on any atom is 0.213 e. The Morgan fingerprint density at radius 1 is 1.42 bits per heavy atom. The first-order valence-electron chi connectivity index (χ1n) is 7.84. The second-order valence-corrected chi connectivity index (χ2v) is 5.42. The van der Waals surface area contributed by atoms with Gasteiger partial charge in [0, 0.05) is 57.8 Å². The van der Waals surface area contributed by atoms with Crippen molar-refractivity contribution >= 4 is 29.9 Å². The highest BCUT2D eigenvalue weighted by molar-refractivity contribution is 14.0. The topological polar surface area (TPSA) is 67.6 Å². The third-order valence-corrected chi connectivity index (χ3v) is 3.79.